The zero-order valence-electron chi connectivity index (χ0n) is 14.2. The van der Waals surface area contributed by atoms with Gasteiger partial charge in [0.2, 0.25) is 10.0 Å². The normalized spacial score (nSPS) is 12.9. The van der Waals surface area contributed by atoms with Crippen molar-refractivity contribution in [3.63, 3.8) is 0 Å². The molecule has 0 fully saturated rings. The van der Waals surface area contributed by atoms with Gasteiger partial charge in [-0.05, 0) is 62.6 Å². The largest absolute Gasteiger partial charge is 0.496 e. The molecule has 0 bridgehead atoms. The van der Waals surface area contributed by atoms with E-state index in [0.717, 1.165) is 22.3 Å². The third-order valence-electron chi connectivity index (χ3n) is 3.91. The Morgan fingerprint density at radius 2 is 1.70 bits per heavy atom. The standard InChI is InChI=1S/C18H23NO3S/c1-12-6-7-13(2)17(10-12)15(4)19-23(20,21)16-8-9-18(22-5)14(3)11-16/h6-11,15,19H,1-5H3/t15-/m1/s1. The zero-order chi connectivity index (χ0) is 17.2. The van der Waals surface area contributed by atoms with Crippen molar-refractivity contribution in [2.45, 2.75) is 38.6 Å². The molecule has 0 aromatic heterocycles. The molecule has 1 atom stereocenters. The molecule has 0 heterocycles. The van der Waals surface area contributed by atoms with Crippen LogP contribution in [0.25, 0.3) is 0 Å². The second-order valence-electron chi connectivity index (χ2n) is 5.83. The molecule has 0 aliphatic rings. The van der Waals surface area contributed by atoms with E-state index in [0.29, 0.717) is 5.75 Å². The van der Waals surface area contributed by atoms with Gasteiger partial charge >= 0.3 is 0 Å². The van der Waals surface area contributed by atoms with Gasteiger partial charge in [-0.2, -0.15) is 0 Å². The van der Waals surface area contributed by atoms with E-state index in [-0.39, 0.29) is 10.9 Å². The van der Waals surface area contributed by atoms with Crippen LogP contribution in [-0.4, -0.2) is 15.5 Å². The van der Waals surface area contributed by atoms with Crippen LogP contribution in [0.5, 0.6) is 5.75 Å². The van der Waals surface area contributed by atoms with Crippen molar-refractivity contribution in [3.05, 3.63) is 58.7 Å². The van der Waals surface area contributed by atoms with E-state index < -0.39 is 10.0 Å². The lowest BCUT2D eigenvalue weighted by Gasteiger charge is -2.18. The Bertz CT molecular complexity index is 813. The number of sulfonamides is 1. The minimum absolute atomic E-state index is 0.243. The molecule has 2 aromatic carbocycles. The molecule has 2 rings (SSSR count). The van der Waals surface area contributed by atoms with Crippen LogP contribution in [0.4, 0.5) is 0 Å². The molecule has 4 nitrogen and oxygen atoms in total. The van der Waals surface area contributed by atoms with Crippen molar-refractivity contribution in [3.8, 4) is 5.75 Å². The van der Waals surface area contributed by atoms with E-state index >= 15 is 0 Å². The van der Waals surface area contributed by atoms with Gasteiger partial charge in [-0.3, -0.25) is 0 Å². The molecule has 124 valence electrons. The molecule has 0 saturated carbocycles. The van der Waals surface area contributed by atoms with Crippen LogP contribution in [0.3, 0.4) is 0 Å². The summed E-state index contributed by atoms with van der Waals surface area (Å²) < 4.78 is 33.2. The van der Waals surface area contributed by atoms with Crippen molar-refractivity contribution in [1.29, 1.82) is 0 Å². The van der Waals surface area contributed by atoms with E-state index in [9.17, 15) is 8.42 Å². The van der Waals surface area contributed by atoms with Crippen LogP contribution in [-0.2, 0) is 10.0 Å². The maximum absolute atomic E-state index is 12.6. The predicted octanol–water partition coefficient (Wildman–Crippen LogP) is 3.66. The Balaban J connectivity index is 2.30. The molecule has 0 amide bonds. The monoisotopic (exact) mass is 333 g/mol. The van der Waals surface area contributed by atoms with Crippen LogP contribution in [0.15, 0.2) is 41.3 Å². The lowest BCUT2D eigenvalue weighted by Crippen LogP contribution is -2.27. The number of hydrogen-bond acceptors (Lipinski definition) is 3. The summed E-state index contributed by atoms with van der Waals surface area (Å²) >= 11 is 0. The van der Waals surface area contributed by atoms with Crippen LogP contribution >= 0.6 is 0 Å². The average molecular weight is 333 g/mol. The summed E-state index contributed by atoms with van der Waals surface area (Å²) in [6.07, 6.45) is 0. The second kappa shape index (κ2) is 6.72. The number of rotatable bonds is 5. The fourth-order valence-electron chi connectivity index (χ4n) is 2.61. The molecule has 2 aromatic rings. The van der Waals surface area contributed by atoms with Crippen molar-refractivity contribution < 1.29 is 13.2 Å². The molecule has 0 saturated heterocycles. The summed E-state index contributed by atoms with van der Waals surface area (Å²) in [7, 11) is -2.02. The highest BCUT2D eigenvalue weighted by atomic mass is 32.2. The predicted molar refractivity (Wildman–Crippen MR) is 92.4 cm³/mol. The summed E-state index contributed by atoms with van der Waals surface area (Å²) in [5.74, 6) is 0.673. The van der Waals surface area contributed by atoms with Gasteiger partial charge in [0.25, 0.3) is 0 Å². The number of aryl methyl sites for hydroxylation is 3. The highest BCUT2D eigenvalue weighted by Gasteiger charge is 2.20. The Morgan fingerprint density at radius 3 is 2.30 bits per heavy atom. The van der Waals surface area contributed by atoms with Gasteiger partial charge in [-0.15, -0.1) is 0 Å². The number of nitrogens with one attached hydrogen (secondary N) is 1. The molecular weight excluding hydrogens is 310 g/mol. The quantitative estimate of drug-likeness (QED) is 0.908. The van der Waals surface area contributed by atoms with Gasteiger partial charge in [0.1, 0.15) is 5.75 Å². The minimum Gasteiger partial charge on any atom is -0.496 e. The van der Waals surface area contributed by atoms with Crippen LogP contribution in [0.2, 0.25) is 0 Å². The Labute approximate surface area is 138 Å². The van der Waals surface area contributed by atoms with Crippen LogP contribution in [0, 0.1) is 20.8 Å². The lowest BCUT2D eigenvalue weighted by atomic mass is 10.0. The van der Waals surface area contributed by atoms with Gasteiger partial charge in [-0.25, -0.2) is 13.1 Å². The Kier molecular flexibility index (Phi) is 5.12. The van der Waals surface area contributed by atoms with Crippen molar-refractivity contribution >= 4 is 10.0 Å². The van der Waals surface area contributed by atoms with Gasteiger partial charge in [0.05, 0.1) is 12.0 Å². The molecule has 0 radical (unpaired) electrons. The fourth-order valence-corrected chi connectivity index (χ4v) is 3.92. The van der Waals surface area contributed by atoms with E-state index in [2.05, 4.69) is 4.72 Å². The van der Waals surface area contributed by atoms with Crippen molar-refractivity contribution in [1.82, 2.24) is 4.72 Å². The third-order valence-corrected chi connectivity index (χ3v) is 5.45. The SMILES string of the molecule is COc1ccc(S(=O)(=O)N[C@H](C)c2cc(C)ccc2C)cc1C. The lowest BCUT2D eigenvalue weighted by molar-refractivity contribution is 0.411. The molecule has 23 heavy (non-hydrogen) atoms. The Hall–Kier alpha value is -1.85. The summed E-state index contributed by atoms with van der Waals surface area (Å²) in [6, 6.07) is 10.6. The topological polar surface area (TPSA) is 55.4 Å². The van der Waals surface area contributed by atoms with E-state index in [4.69, 9.17) is 4.74 Å². The molecule has 5 heteroatoms. The smallest absolute Gasteiger partial charge is 0.241 e. The minimum atomic E-state index is -3.59. The summed E-state index contributed by atoms with van der Waals surface area (Å²) in [5.41, 5.74) is 3.95. The molecule has 0 unspecified atom stereocenters. The van der Waals surface area contributed by atoms with Gasteiger partial charge in [0.15, 0.2) is 0 Å². The van der Waals surface area contributed by atoms with Crippen LogP contribution < -0.4 is 9.46 Å². The number of benzene rings is 2. The second-order valence-corrected chi connectivity index (χ2v) is 7.55. The summed E-state index contributed by atoms with van der Waals surface area (Å²) in [4.78, 5) is 0.243. The molecule has 0 spiro atoms. The zero-order valence-corrected chi connectivity index (χ0v) is 15.0. The number of ether oxygens (including phenoxy) is 1. The molecule has 0 aliphatic heterocycles. The van der Waals surface area contributed by atoms with Crippen molar-refractivity contribution in [2.24, 2.45) is 0 Å². The number of methoxy groups -OCH3 is 1. The summed E-state index contributed by atoms with van der Waals surface area (Å²) in [6.45, 7) is 7.66. The maximum atomic E-state index is 12.6. The van der Waals surface area contributed by atoms with Gasteiger partial charge in [-0.1, -0.05) is 23.8 Å². The molecule has 1 N–H and O–H groups in total. The third kappa shape index (κ3) is 3.92. The highest BCUT2D eigenvalue weighted by Crippen LogP contribution is 2.24. The first-order chi connectivity index (χ1) is 10.7. The molecule has 0 aliphatic carbocycles. The summed E-state index contributed by atoms with van der Waals surface area (Å²) in [5, 5.41) is 0. The van der Waals surface area contributed by atoms with Crippen LogP contribution in [0.1, 0.15) is 35.2 Å². The van der Waals surface area contributed by atoms with Gasteiger partial charge in [0, 0.05) is 6.04 Å². The highest BCUT2D eigenvalue weighted by molar-refractivity contribution is 7.89. The fraction of sp³-hybridized carbons (Fsp3) is 0.333. The maximum Gasteiger partial charge on any atom is 0.241 e. The first-order valence-corrected chi connectivity index (χ1v) is 8.97. The first kappa shape index (κ1) is 17.5. The van der Waals surface area contributed by atoms with E-state index in [1.54, 1.807) is 25.3 Å². The first-order valence-electron chi connectivity index (χ1n) is 7.48. The van der Waals surface area contributed by atoms with E-state index in [1.165, 1.54) is 0 Å². The van der Waals surface area contributed by atoms with E-state index in [1.807, 2.05) is 45.9 Å². The average Bonchev–Trinajstić information content (AvgIpc) is 2.49. The van der Waals surface area contributed by atoms with Crippen molar-refractivity contribution in [2.75, 3.05) is 7.11 Å². The Morgan fingerprint density at radius 1 is 1.00 bits per heavy atom. The molecular formula is C18H23NO3S. The van der Waals surface area contributed by atoms with Gasteiger partial charge < -0.3 is 4.74 Å². The number of hydrogen-bond donors (Lipinski definition) is 1.